The van der Waals surface area contributed by atoms with E-state index in [2.05, 4.69) is 19.6 Å². The number of piperidine rings is 1. The molecule has 2 N–H and O–H groups in total. The van der Waals surface area contributed by atoms with E-state index in [-0.39, 0.29) is 59.0 Å². The highest BCUT2D eigenvalue weighted by atomic mass is 19.4. The van der Waals surface area contributed by atoms with Crippen molar-refractivity contribution in [2.75, 3.05) is 18.6 Å². The first-order valence-electron chi connectivity index (χ1n) is 12.8. The van der Waals surface area contributed by atoms with Crippen LogP contribution in [0.2, 0.25) is 0 Å². The van der Waals surface area contributed by atoms with Gasteiger partial charge in [-0.2, -0.15) is 0 Å². The largest absolute Gasteiger partial charge is 0.573 e. The van der Waals surface area contributed by atoms with Gasteiger partial charge in [0.2, 0.25) is 0 Å². The maximum Gasteiger partial charge on any atom is 0.573 e. The predicted octanol–water partition coefficient (Wildman–Crippen LogP) is 4.03. The Morgan fingerprint density at radius 3 is 2.41 bits per heavy atom. The van der Waals surface area contributed by atoms with Gasteiger partial charge in [-0.3, -0.25) is 9.78 Å². The maximum atomic E-state index is 13.1. The number of hydrogen-bond donors (Lipinski definition) is 1. The number of esters is 1. The van der Waals surface area contributed by atoms with Gasteiger partial charge in [0.1, 0.15) is 11.6 Å². The summed E-state index contributed by atoms with van der Waals surface area (Å²) in [5.41, 5.74) is 6.56. The van der Waals surface area contributed by atoms with Crippen molar-refractivity contribution in [1.82, 2.24) is 9.97 Å². The lowest BCUT2D eigenvalue weighted by Crippen LogP contribution is -2.46. The highest BCUT2D eigenvalue weighted by Crippen LogP contribution is 2.40. The minimum absolute atomic E-state index is 0.00127. The Hall–Kier alpha value is -3.67. The highest BCUT2D eigenvalue weighted by molar-refractivity contribution is 6.05. The van der Waals surface area contributed by atoms with Gasteiger partial charge in [-0.25, -0.2) is 9.78 Å². The molecule has 2 aromatic rings. The monoisotopic (exact) mass is 546 g/mol. The second-order valence-electron chi connectivity index (χ2n) is 10.0. The smallest absolute Gasteiger partial charge is 0.464 e. The molecule has 2 unspecified atom stereocenters. The number of Topliss-reactive ketones (excluding diaryl/α,β-unsaturated/α-hetero) is 1. The van der Waals surface area contributed by atoms with Crippen LogP contribution in [0.15, 0.2) is 42.2 Å². The summed E-state index contributed by atoms with van der Waals surface area (Å²) < 4.78 is 54.1. The van der Waals surface area contributed by atoms with Crippen LogP contribution in [-0.2, 0) is 14.3 Å². The normalized spacial score (nSPS) is 23.3. The van der Waals surface area contributed by atoms with E-state index in [1.54, 1.807) is 6.20 Å². The van der Waals surface area contributed by atoms with Crippen molar-refractivity contribution in [2.45, 2.75) is 63.1 Å². The molecule has 0 amide bonds. The molecule has 2 bridgehead atoms. The van der Waals surface area contributed by atoms with E-state index < -0.39 is 18.1 Å². The van der Waals surface area contributed by atoms with Gasteiger partial charge in [-0.15, -0.1) is 13.2 Å². The number of benzene rings is 1. The second-order valence-corrected chi connectivity index (χ2v) is 10.0. The molecule has 39 heavy (non-hydrogen) atoms. The summed E-state index contributed by atoms with van der Waals surface area (Å²) in [6, 6.07) is 5.71. The minimum atomic E-state index is -4.90. The van der Waals surface area contributed by atoms with Crippen LogP contribution in [0.3, 0.4) is 0 Å². The molecule has 9 nitrogen and oxygen atoms in total. The lowest BCUT2D eigenvalue weighted by molar-refractivity contribution is -0.274. The second kappa shape index (κ2) is 10.8. The molecule has 1 aliphatic carbocycles. The summed E-state index contributed by atoms with van der Waals surface area (Å²) in [5, 5.41) is 0. The molecule has 1 aromatic carbocycles. The summed E-state index contributed by atoms with van der Waals surface area (Å²) in [6.07, 6.45) is 2.43. The molecule has 208 valence electrons. The number of anilines is 1. The quantitative estimate of drug-likeness (QED) is 0.368. The van der Waals surface area contributed by atoms with E-state index in [0.29, 0.717) is 31.5 Å². The van der Waals surface area contributed by atoms with E-state index in [9.17, 15) is 22.8 Å². The fourth-order valence-electron chi connectivity index (χ4n) is 5.46. The topological polar surface area (TPSA) is 117 Å². The summed E-state index contributed by atoms with van der Waals surface area (Å²) in [4.78, 5) is 35.8. The molecule has 2 saturated heterocycles. The van der Waals surface area contributed by atoms with Crippen LogP contribution in [0.1, 0.15) is 54.6 Å². The molecule has 3 fully saturated rings. The van der Waals surface area contributed by atoms with Gasteiger partial charge in [0.25, 0.3) is 0 Å². The van der Waals surface area contributed by atoms with Crippen molar-refractivity contribution < 1.29 is 37.0 Å². The van der Waals surface area contributed by atoms with Crippen LogP contribution in [0.5, 0.6) is 5.75 Å². The number of ketones is 1. The Balaban J connectivity index is 1.33. The van der Waals surface area contributed by atoms with Gasteiger partial charge in [0.15, 0.2) is 11.5 Å². The number of fused-ring (bicyclic) bond motifs is 2. The van der Waals surface area contributed by atoms with Gasteiger partial charge in [0, 0.05) is 29.1 Å². The number of aromatic nitrogens is 2. The van der Waals surface area contributed by atoms with Gasteiger partial charge in [-0.05, 0) is 50.7 Å². The first kappa shape index (κ1) is 26.9. The number of para-hydroxylation sites is 1. The van der Waals surface area contributed by atoms with E-state index in [0.717, 1.165) is 12.8 Å². The van der Waals surface area contributed by atoms with Crippen LogP contribution in [-0.4, -0.2) is 60.0 Å². The number of carbonyl (C=O) groups excluding carboxylic acids is 2. The van der Waals surface area contributed by atoms with Gasteiger partial charge in [0.05, 0.1) is 37.9 Å². The number of nitrogens with zero attached hydrogens (tertiary/aromatic N) is 3. The third-order valence-electron chi connectivity index (χ3n) is 7.41. The van der Waals surface area contributed by atoms with E-state index in [1.807, 2.05) is 0 Å². The van der Waals surface area contributed by atoms with Crippen LogP contribution in [0.25, 0.3) is 5.70 Å². The number of halogens is 3. The Morgan fingerprint density at radius 2 is 1.77 bits per heavy atom. The van der Waals surface area contributed by atoms with Crippen molar-refractivity contribution in [3.8, 4) is 5.75 Å². The van der Waals surface area contributed by atoms with Gasteiger partial charge >= 0.3 is 12.3 Å². The number of rotatable bonds is 9. The van der Waals surface area contributed by atoms with Crippen LogP contribution >= 0.6 is 0 Å². The van der Waals surface area contributed by atoms with E-state index in [4.69, 9.17) is 15.2 Å². The zero-order valence-electron chi connectivity index (χ0n) is 21.3. The first-order chi connectivity index (χ1) is 18.6. The molecule has 12 heteroatoms. The van der Waals surface area contributed by atoms with Crippen molar-refractivity contribution in [2.24, 2.45) is 11.7 Å². The third-order valence-corrected chi connectivity index (χ3v) is 7.41. The van der Waals surface area contributed by atoms with Crippen molar-refractivity contribution in [3.05, 3.63) is 53.5 Å². The fourth-order valence-corrected chi connectivity index (χ4v) is 5.46. The summed E-state index contributed by atoms with van der Waals surface area (Å²) in [7, 11) is 1.29. The molecule has 1 aromatic heterocycles. The lowest BCUT2D eigenvalue weighted by atomic mass is 9.98. The van der Waals surface area contributed by atoms with Crippen molar-refractivity contribution in [3.63, 3.8) is 0 Å². The van der Waals surface area contributed by atoms with Gasteiger partial charge < -0.3 is 24.8 Å². The fraction of sp³-hybridized carbons (Fsp3) is 0.481. The Morgan fingerprint density at radius 1 is 1.08 bits per heavy atom. The van der Waals surface area contributed by atoms with Crippen molar-refractivity contribution in [1.29, 1.82) is 0 Å². The van der Waals surface area contributed by atoms with E-state index >= 15 is 0 Å². The van der Waals surface area contributed by atoms with Gasteiger partial charge in [-0.1, -0.05) is 12.1 Å². The summed E-state index contributed by atoms with van der Waals surface area (Å²) in [6.45, 7) is -0.108. The van der Waals surface area contributed by atoms with E-state index in [1.165, 1.54) is 37.6 Å². The Labute approximate surface area is 223 Å². The SMILES string of the molecule is COC(=O)c1cncc(N2C3CC[C@H]2CC(OCC(C(=O)C2CC2)=C(N)c2ccccc2OC(F)(F)F)C3)n1. The van der Waals surface area contributed by atoms with Crippen LogP contribution in [0, 0.1) is 5.92 Å². The number of methoxy groups -OCH3 is 1. The number of ether oxygens (including phenoxy) is 3. The zero-order chi connectivity index (χ0) is 27.7. The molecule has 1 saturated carbocycles. The Kier molecular flexibility index (Phi) is 7.48. The molecule has 3 heterocycles. The number of carbonyl (C=O) groups is 2. The molecular weight excluding hydrogens is 517 g/mol. The molecule has 3 aliphatic rings. The third kappa shape index (κ3) is 6.00. The molecule has 3 atom stereocenters. The predicted molar refractivity (Wildman–Crippen MR) is 134 cm³/mol. The first-order valence-corrected chi connectivity index (χ1v) is 12.8. The average Bonchev–Trinajstić information content (AvgIpc) is 3.72. The molecule has 0 spiro atoms. The minimum Gasteiger partial charge on any atom is -0.464 e. The summed E-state index contributed by atoms with van der Waals surface area (Å²) in [5.74, 6) is -0.834. The number of alkyl halides is 3. The molecule has 5 rings (SSSR count). The average molecular weight is 547 g/mol. The number of nitrogens with two attached hydrogens (primary N) is 1. The molecule has 0 radical (unpaired) electrons. The zero-order valence-corrected chi connectivity index (χ0v) is 21.3. The summed E-state index contributed by atoms with van der Waals surface area (Å²) >= 11 is 0. The van der Waals surface area contributed by atoms with Crippen LogP contribution in [0.4, 0.5) is 19.0 Å². The molecule has 2 aliphatic heterocycles. The maximum absolute atomic E-state index is 13.1. The lowest BCUT2D eigenvalue weighted by Gasteiger charge is -2.39. The highest BCUT2D eigenvalue weighted by Gasteiger charge is 2.43. The van der Waals surface area contributed by atoms with Crippen molar-refractivity contribution >= 4 is 23.3 Å². The standard InChI is InChI=1S/C27H29F3N4O5/c1-37-26(36)21-12-32-13-23(33-21)34-16-8-9-17(34)11-18(10-16)38-14-20(25(35)15-6-7-15)24(31)19-4-2-3-5-22(19)39-27(28,29)30/h2-5,12-13,15-18H,6-11,14,31H2,1H3/t16-,17?,18?/m0/s1. The number of hydrogen-bond acceptors (Lipinski definition) is 9. The van der Waals surface area contributed by atoms with Crippen LogP contribution < -0.4 is 15.4 Å². The Bertz CT molecular complexity index is 1270. The molecular formula is C27H29F3N4O5.